The number of hydrazine groups is 1. The molecule has 0 saturated heterocycles. The molecular weight excluding hydrogens is 781 g/mol. The lowest BCUT2D eigenvalue weighted by molar-refractivity contribution is -0.131. The summed E-state index contributed by atoms with van der Waals surface area (Å²) < 4.78 is 44.7. The molecule has 15 heteroatoms. The first-order valence-electron chi connectivity index (χ1n) is 21.4. The lowest BCUT2D eigenvalue weighted by Gasteiger charge is -2.43. The molecule has 13 nitrogen and oxygen atoms in total. The van der Waals surface area contributed by atoms with Gasteiger partial charge in [-0.1, -0.05) is 64.1 Å². The topological polar surface area (TPSA) is 113 Å². The van der Waals surface area contributed by atoms with Crippen molar-refractivity contribution in [1.29, 1.82) is 0 Å². The molecule has 0 atom stereocenters. The van der Waals surface area contributed by atoms with Crippen LogP contribution in [-0.4, -0.2) is 134 Å². The van der Waals surface area contributed by atoms with Gasteiger partial charge in [0.1, 0.15) is 25.0 Å². The number of hydrogen-bond donors (Lipinski definition) is 1. The van der Waals surface area contributed by atoms with Gasteiger partial charge in [0.25, 0.3) is 0 Å². The molecule has 59 heavy (non-hydrogen) atoms. The number of rotatable bonds is 26. The first-order chi connectivity index (χ1) is 28.3. The lowest BCUT2D eigenvalue weighted by atomic mass is 9.75. The van der Waals surface area contributed by atoms with Crippen molar-refractivity contribution in [3.05, 3.63) is 77.8 Å². The summed E-state index contributed by atoms with van der Waals surface area (Å²) in [5.41, 5.74) is 8.16. The van der Waals surface area contributed by atoms with Crippen LogP contribution in [0.15, 0.2) is 77.3 Å². The van der Waals surface area contributed by atoms with E-state index in [1.54, 1.807) is 14.2 Å². The minimum Gasteiger partial charge on any atom is -0.494 e. The van der Waals surface area contributed by atoms with Crippen LogP contribution in [-0.2, 0) is 33.2 Å². The quantitative estimate of drug-likeness (QED) is 0.0434. The second-order valence-corrected chi connectivity index (χ2v) is 29.4. The van der Waals surface area contributed by atoms with Crippen molar-refractivity contribution in [2.75, 3.05) is 87.1 Å². The summed E-state index contributed by atoms with van der Waals surface area (Å²) in [4.78, 5) is 7.82. The number of aliphatic imine (C=N–C) groups is 1. The van der Waals surface area contributed by atoms with Crippen LogP contribution in [0.3, 0.4) is 0 Å². The average Bonchev–Trinajstić information content (AvgIpc) is 3.86. The molecule has 328 valence electrons. The predicted octanol–water partition coefficient (Wildman–Crippen LogP) is 7.76. The second kappa shape index (κ2) is 22.1. The number of allylic oxidation sites excluding steroid dienone is 1. The number of hydrogen-bond acceptors (Lipinski definition) is 12. The molecular formula is C44H72N6O7Si2. The van der Waals surface area contributed by atoms with Gasteiger partial charge in [0.05, 0.1) is 68.4 Å². The molecule has 0 radical (unpaired) electrons. The van der Waals surface area contributed by atoms with E-state index in [-0.39, 0.29) is 5.92 Å². The molecule has 0 spiro atoms. The SMILES string of the molecule is C=C(OCC)C1=C(N(COCC[Si](C)(C)C)COCC[Si](C)(C)C)N2NCC(c3cnn(-c4ccccc4)c3)=C2N=C1C1CCC(COCCOC)(OCCOC)CC1. The first-order valence-corrected chi connectivity index (χ1v) is 28.8. The number of ether oxygens (including phenoxy) is 7. The van der Waals surface area contributed by atoms with Gasteiger partial charge in [-0.2, -0.15) is 5.10 Å². The summed E-state index contributed by atoms with van der Waals surface area (Å²) in [6.07, 6.45) is 7.31. The highest BCUT2D eigenvalue weighted by molar-refractivity contribution is 6.76. The number of nitrogens with zero attached hydrogens (tertiary/aromatic N) is 5. The maximum Gasteiger partial charge on any atom is 0.154 e. The van der Waals surface area contributed by atoms with E-state index in [1.807, 2.05) is 36.0 Å². The van der Waals surface area contributed by atoms with Crippen molar-refractivity contribution in [3.63, 3.8) is 0 Å². The van der Waals surface area contributed by atoms with Crippen LogP contribution >= 0.6 is 0 Å². The molecule has 1 N–H and O–H groups in total. The van der Waals surface area contributed by atoms with E-state index in [9.17, 15) is 0 Å². The third-order valence-corrected chi connectivity index (χ3v) is 14.3. The molecule has 1 fully saturated rings. The van der Waals surface area contributed by atoms with Crippen LogP contribution in [0.25, 0.3) is 11.3 Å². The Balaban J connectivity index is 1.58. The van der Waals surface area contributed by atoms with E-state index >= 15 is 0 Å². The van der Waals surface area contributed by atoms with Crippen LogP contribution in [0, 0.1) is 5.92 Å². The van der Waals surface area contributed by atoms with Crippen molar-refractivity contribution in [1.82, 2.24) is 25.1 Å². The van der Waals surface area contributed by atoms with E-state index in [0.29, 0.717) is 78.6 Å². The molecule has 1 aromatic carbocycles. The minimum atomic E-state index is -1.33. The fourth-order valence-electron chi connectivity index (χ4n) is 7.43. The van der Waals surface area contributed by atoms with Crippen LogP contribution < -0.4 is 5.43 Å². The largest absolute Gasteiger partial charge is 0.494 e. The van der Waals surface area contributed by atoms with Crippen LogP contribution in [0.4, 0.5) is 0 Å². The smallest absolute Gasteiger partial charge is 0.154 e. The molecule has 0 bridgehead atoms. The number of para-hydroxylation sites is 1. The summed E-state index contributed by atoms with van der Waals surface area (Å²) in [6.45, 7) is 26.5. The molecule has 1 saturated carbocycles. The Labute approximate surface area is 355 Å². The number of nitrogens with one attached hydrogen (secondary N) is 1. The van der Waals surface area contributed by atoms with Crippen molar-refractivity contribution in [2.45, 2.75) is 89.6 Å². The molecule has 5 rings (SSSR count). The summed E-state index contributed by atoms with van der Waals surface area (Å²) in [5, 5.41) is 6.88. The van der Waals surface area contributed by atoms with Crippen molar-refractivity contribution >= 4 is 27.4 Å². The van der Waals surface area contributed by atoms with E-state index in [2.05, 4.69) is 79.5 Å². The summed E-state index contributed by atoms with van der Waals surface area (Å²) in [5.74, 6) is 2.39. The van der Waals surface area contributed by atoms with Crippen LogP contribution in [0.1, 0.15) is 38.2 Å². The Bertz CT molecular complexity index is 1710. The fraction of sp³-hybridized carbons (Fsp3) is 0.636. The highest BCUT2D eigenvalue weighted by Crippen LogP contribution is 2.43. The van der Waals surface area contributed by atoms with Gasteiger partial charge in [0, 0.05) is 73.4 Å². The first kappa shape index (κ1) is 46.9. The monoisotopic (exact) mass is 853 g/mol. The molecule has 1 aliphatic carbocycles. The normalized spacial score (nSPS) is 20.0. The molecule has 0 unspecified atom stereocenters. The van der Waals surface area contributed by atoms with E-state index in [0.717, 1.165) is 77.5 Å². The Morgan fingerprint density at radius 2 is 1.53 bits per heavy atom. The van der Waals surface area contributed by atoms with Crippen molar-refractivity contribution in [3.8, 4) is 5.69 Å². The summed E-state index contributed by atoms with van der Waals surface area (Å²) in [7, 11) is 0.737. The number of aromatic nitrogens is 2. The lowest BCUT2D eigenvalue weighted by Crippen LogP contribution is -2.48. The fourth-order valence-corrected chi connectivity index (χ4v) is 8.95. The van der Waals surface area contributed by atoms with Gasteiger partial charge in [-0.05, 0) is 56.8 Å². The van der Waals surface area contributed by atoms with Gasteiger partial charge < -0.3 is 38.1 Å². The molecule has 0 amide bonds. The van der Waals surface area contributed by atoms with E-state index in [4.69, 9.17) is 43.2 Å². The summed E-state index contributed by atoms with van der Waals surface area (Å²) >= 11 is 0. The zero-order chi connectivity index (χ0) is 42.5. The zero-order valence-electron chi connectivity index (χ0n) is 37.4. The zero-order valence-corrected chi connectivity index (χ0v) is 39.4. The average molecular weight is 853 g/mol. The molecule has 3 heterocycles. The van der Waals surface area contributed by atoms with Crippen LogP contribution in [0.2, 0.25) is 51.4 Å². The van der Waals surface area contributed by atoms with E-state index in [1.165, 1.54) is 0 Å². The maximum atomic E-state index is 6.58. The Kier molecular flexibility index (Phi) is 17.6. The third kappa shape index (κ3) is 13.4. The minimum absolute atomic E-state index is 0.0985. The number of benzene rings is 1. The van der Waals surface area contributed by atoms with Gasteiger partial charge in [0.2, 0.25) is 0 Å². The Morgan fingerprint density at radius 3 is 2.14 bits per heavy atom. The summed E-state index contributed by atoms with van der Waals surface area (Å²) in [6, 6.07) is 12.3. The van der Waals surface area contributed by atoms with E-state index < -0.39 is 21.7 Å². The predicted molar refractivity (Wildman–Crippen MR) is 241 cm³/mol. The second-order valence-electron chi connectivity index (χ2n) is 18.1. The highest BCUT2D eigenvalue weighted by Gasteiger charge is 2.44. The molecule has 1 aromatic heterocycles. The molecule has 2 aromatic rings. The Morgan fingerprint density at radius 1 is 0.881 bits per heavy atom. The van der Waals surface area contributed by atoms with Crippen molar-refractivity contribution < 1.29 is 33.2 Å². The highest BCUT2D eigenvalue weighted by atomic mass is 28.3. The standard InChI is InChI=1S/C44H72N6O7Si2/c1-11-56-35(2)40-41(36-17-19-44(20-18-36,57-24-22-52-4)32-53-23-21-51-3)47-42-39(37-29-45-49(31-37)38-15-13-12-14-16-38)30-46-50(42)43(40)48(33-54-25-27-58(5,6)7)34-55-26-28-59(8,9)10/h12-16,29,31,36,46H,2,11,17-28,30,32-34H2,1,3-10H3. The number of fused-ring (bicyclic) bond motifs is 1. The Hall–Kier alpha value is -3.13. The van der Waals surface area contributed by atoms with Gasteiger partial charge in [-0.3, -0.25) is 0 Å². The molecule has 2 aliphatic heterocycles. The van der Waals surface area contributed by atoms with Gasteiger partial charge in [-0.25, -0.2) is 20.1 Å². The van der Waals surface area contributed by atoms with Gasteiger partial charge in [-0.15, -0.1) is 0 Å². The third-order valence-electron chi connectivity index (χ3n) is 10.9. The van der Waals surface area contributed by atoms with Crippen LogP contribution in [0.5, 0.6) is 0 Å². The van der Waals surface area contributed by atoms with Gasteiger partial charge >= 0.3 is 0 Å². The maximum absolute atomic E-state index is 6.58. The molecule has 3 aliphatic rings. The number of methoxy groups -OCH3 is 2. The van der Waals surface area contributed by atoms with Gasteiger partial charge in [0.15, 0.2) is 5.82 Å². The van der Waals surface area contributed by atoms with Crippen molar-refractivity contribution in [2.24, 2.45) is 10.9 Å².